The van der Waals surface area contributed by atoms with E-state index in [1.807, 2.05) is 18.2 Å². The van der Waals surface area contributed by atoms with Crippen LogP contribution in [-0.2, 0) is 4.79 Å². The second kappa shape index (κ2) is 3.58. The van der Waals surface area contributed by atoms with Crippen molar-refractivity contribution in [2.45, 2.75) is 18.4 Å². The van der Waals surface area contributed by atoms with E-state index < -0.39 is 12.0 Å². The number of carboxylic acid groups (broad SMARTS) is 1. The number of rotatable bonds is 1. The van der Waals surface area contributed by atoms with E-state index in [0.717, 1.165) is 12.0 Å². The Hall–Kier alpha value is -1.84. The highest BCUT2D eigenvalue weighted by atomic mass is 19.1. The number of allylic oxidation sites excluding steroid dienone is 2. The first-order chi connectivity index (χ1) is 8.18. The summed E-state index contributed by atoms with van der Waals surface area (Å²) >= 11 is 0. The molecule has 17 heavy (non-hydrogen) atoms. The van der Waals surface area contributed by atoms with Crippen molar-refractivity contribution in [3.8, 4) is 0 Å². The highest BCUT2D eigenvalue weighted by Crippen LogP contribution is 2.45. The summed E-state index contributed by atoms with van der Waals surface area (Å²) in [6.45, 7) is 0. The number of halogens is 1. The van der Waals surface area contributed by atoms with Crippen molar-refractivity contribution in [1.82, 2.24) is 0 Å². The van der Waals surface area contributed by atoms with Gasteiger partial charge in [0.15, 0.2) is 0 Å². The van der Waals surface area contributed by atoms with Crippen LogP contribution in [0.5, 0.6) is 0 Å². The van der Waals surface area contributed by atoms with E-state index >= 15 is 0 Å². The van der Waals surface area contributed by atoms with Crippen molar-refractivity contribution in [3.63, 3.8) is 0 Å². The number of hydrogen-bond acceptors (Lipinski definition) is 2. The molecule has 0 aromatic heterocycles. The summed E-state index contributed by atoms with van der Waals surface area (Å²) in [5.41, 5.74) is 1.20. The lowest BCUT2D eigenvalue weighted by atomic mass is 9.79. The maximum Gasteiger partial charge on any atom is 0.326 e. The van der Waals surface area contributed by atoms with Crippen LogP contribution in [0, 0.1) is 11.7 Å². The van der Waals surface area contributed by atoms with Gasteiger partial charge in [0, 0.05) is 11.8 Å². The zero-order valence-corrected chi connectivity index (χ0v) is 9.06. The summed E-state index contributed by atoms with van der Waals surface area (Å²) in [7, 11) is 0. The van der Waals surface area contributed by atoms with E-state index in [1.54, 1.807) is 6.07 Å². The van der Waals surface area contributed by atoms with Gasteiger partial charge < -0.3 is 10.4 Å². The smallest absolute Gasteiger partial charge is 0.326 e. The Morgan fingerprint density at radius 2 is 2.29 bits per heavy atom. The second-order valence-electron chi connectivity index (χ2n) is 4.52. The molecule has 1 aromatic carbocycles. The number of aliphatic carboxylic acids is 1. The molecule has 1 heterocycles. The van der Waals surface area contributed by atoms with Crippen LogP contribution in [0.1, 0.15) is 17.9 Å². The average molecular weight is 233 g/mol. The van der Waals surface area contributed by atoms with Crippen LogP contribution < -0.4 is 5.32 Å². The molecule has 0 saturated carbocycles. The molecule has 3 rings (SSSR count). The lowest BCUT2D eigenvalue weighted by molar-refractivity contribution is -0.139. The lowest BCUT2D eigenvalue weighted by Crippen LogP contribution is -2.42. The minimum Gasteiger partial charge on any atom is -0.480 e. The standard InChI is InChI=1S/C13H12FNO2/c14-10-6-2-5-8-7-3-1-4-9(7)12(13(16)17)15-11(8)10/h1-3,5-7,9,12,15H,4H2,(H,16,17)/t7-,9-,12-/m1/s1. The molecule has 1 aromatic rings. The first-order valence-electron chi connectivity index (χ1n) is 5.63. The molecular formula is C13H12FNO2. The molecule has 2 N–H and O–H groups in total. The quantitative estimate of drug-likeness (QED) is 0.732. The Kier molecular flexibility index (Phi) is 2.18. The summed E-state index contributed by atoms with van der Waals surface area (Å²) in [6.07, 6.45) is 4.69. The van der Waals surface area contributed by atoms with Gasteiger partial charge in [-0.25, -0.2) is 9.18 Å². The average Bonchev–Trinajstić information content (AvgIpc) is 2.77. The van der Waals surface area contributed by atoms with Gasteiger partial charge in [-0.2, -0.15) is 0 Å². The van der Waals surface area contributed by atoms with Crippen LogP contribution in [0.15, 0.2) is 30.4 Å². The molecule has 0 saturated heterocycles. The van der Waals surface area contributed by atoms with Gasteiger partial charge in [0.05, 0.1) is 5.69 Å². The molecule has 0 radical (unpaired) electrons. The topological polar surface area (TPSA) is 49.3 Å². The first-order valence-corrected chi connectivity index (χ1v) is 5.63. The van der Waals surface area contributed by atoms with E-state index in [4.69, 9.17) is 0 Å². The second-order valence-corrected chi connectivity index (χ2v) is 4.52. The molecule has 1 aliphatic heterocycles. The normalized spacial score (nSPS) is 29.4. The third kappa shape index (κ3) is 1.44. The Morgan fingerprint density at radius 1 is 1.47 bits per heavy atom. The number of hydrogen-bond donors (Lipinski definition) is 2. The van der Waals surface area contributed by atoms with Gasteiger partial charge in [-0.05, 0) is 18.1 Å². The summed E-state index contributed by atoms with van der Waals surface area (Å²) in [4.78, 5) is 11.2. The van der Waals surface area contributed by atoms with Crippen LogP contribution in [0.3, 0.4) is 0 Å². The Labute approximate surface area is 98.0 Å². The Balaban J connectivity index is 2.12. The first kappa shape index (κ1) is 10.3. The minimum atomic E-state index is -0.919. The Morgan fingerprint density at radius 3 is 3.06 bits per heavy atom. The van der Waals surface area contributed by atoms with Crippen molar-refractivity contribution < 1.29 is 14.3 Å². The number of para-hydroxylation sites is 1. The molecule has 0 unspecified atom stereocenters. The van der Waals surface area contributed by atoms with Crippen molar-refractivity contribution in [2.75, 3.05) is 5.32 Å². The van der Waals surface area contributed by atoms with E-state index in [1.165, 1.54) is 6.07 Å². The number of nitrogens with one attached hydrogen (secondary N) is 1. The van der Waals surface area contributed by atoms with Crippen LogP contribution in [0.2, 0.25) is 0 Å². The molecule has 1 aliphatic carbocycles. The minimum absolute atomic E-state index is 0.0122. The molecule has 2 aliphatic rings. The number of carboxylic acids is 1. The van der Waals surface area contributed by atoms with Crippen LogP contribution >= 0.6 is 0 Å². The van der Waals surface area contributed by atoms with Gasteiger partial charge in [-0.3, -0.25) is 0 Å². The molecular weight excluding hydrogens is 221 g/mol. The third-order valence-corrected chi connectivity index (χ3v) is 3.61. The van der Waals surface area contributed by atoms with Gasteiger partial charge >= 0.3 is 5.97 Å². The molecule has 0 bridgehead atoms. The predicted octanol–water partition coefficient (Wildman–Crippen LogP) is 2.36. The summed E-state index contributed by atoms with van der Waals surface area (Å²) in [5.74, 6) is -1.30. The van der Waals surface area contributed by atoms with Crippen LogP contribution in [-0.4, -0.2) is 17.1 Å². The highest BCUT2D eigenvalue weighted by molar-refractivity contribution is 5.80. The number of anilines is 1. The van der Waals surface area contributed by atoms with E-state index in [0.29, 0.717) is 5.69 Å². The van der Waals surface area contributed by atoms with Crippen molar-refractivity contribution in [3.05, 3.63) is 41.7 Å². The lowest BCUT2D eigenvalue weighted by Gasteiger charge is -2.34. The molecule has 88 valence electrons. The zero-order valence-electron chi connectivity index (χ0n) is 9.06. The SMILES string of the molecule is O=C(O)[C@@H]1Nc2c(F)cccc2[C@H]2C=CC[C@H]21. The van der Waals surface area contributed by atoms with E-state index in [-0.39, 0.29) is 17.7 Å². The molecule has 0 amide bonds. The van der Waals surface area contributed by atoms with Gasteiger partial charge in [-0.1, -0.05) is 24.3 Å². The van der Waals surface area contributed by atoms with Crippen LogP contribution in [0.4, 0.5) is 10.1 Å². The van der Waals surface area contributed by atoms with Crippen molar-refractivity contribution in [2.24, 2.45) is 5.92 Å². The van der Waals surface area contributed by atoms with Crippen LogP contribution in [0.25, 0.3) is 0 Å². The fourth-order valence-corrected chi connectivity index (χ4v) is 2.83. The van der Waals surface area contributed by atoms with Gasteiger partial charge in [0.25, 0.3) is 0 Å². The summed E-state index contributed by atoms with van der Waals surface area (Å²) in [5, 5.41) is 12.0. The molecule has 3 atom stereocenters. The molecule has 0 spiro atoms. The monoisotopic (exact) mass is 233 g/mol. The molecule has 4 heteroatoms. The summed E-state index contributed by atoms with van der Waals surface area (Å²) in [6, 6.07) is 4.17. The molecule has 3 nitrogen and oxygen atoms in total. The fraction of sp³-hybridized carbons (Fsp3) is 0.308. The van der Waals surface area contributed by atoms with Gasteiger partial charge in [0.2, 0.25) is 0 Å². The number of carbonyl (C=O) groups is 1. The third-order valence-electron chi connectivity index (χ3n) is 3.61. The van der Waals surface area contributed by atoms with Crippen molar-refractivity contribution in [1.29, 1.82) is 0 Å². The number of benzene rings is 1. The van der Waals surface area contributed by atoms with Crippen molar-refractivity contribution >= 4 is 11.7 Å². The summed E-state index contributed by atoms with van der Waals surface area (Å²) < 4.78 is 13.7. The highest BCUT2D eigenvalue weighted by Gasteiger charge is 2.41. The predicted molar refractivity (Wildman–Crippen MR) is 61.4 cm³/mol. The molecule has 0 fully saturated rings. The van der Waals surface area contributed by atoms with E-state index in [2.05, 4.69) is 5.32 Å². The fourth-order valence-electron chi connectivity index (χ4n) is 2.83. The largest absolute Gasteiger partial charge is 0.480 e. The maximum atomic E-state index is 13.7. The number of fused-ring (bicyclic) bond motifs is 3. The maximum absolute atomic E-state index is 13.7. The van der Waals surface area contributed by atoms with E-state index in [9.17, 15) is 14.3 Å². The van der Waals surface area contributed by atoms with Gasteiger partial charge in [-0.15, -0.1) is 0 Å². The van der Waals surface area contributed by atoms with Gasteiger partial charge in [0.1, 0.15) is 11.9 Å². The zero-order chi connectivity index (χ0) is 12.0. The Bertz CT molecular complexity index is 512.